The molecule has 118 valence electrons. The Morgan fingerprint density at radius 1 is 0.900 bits per heavy atom. The van der Waals surface area contributed by atoms with Crippen LogP contribution >= 0.6 is 0 Å². The lowest BCUT2D eigenvalue weighted by Crippen LogP contribution is -2.43. The molecule has 2 heteroatoms. The first-order valence-electron chi connectivity index (χ1n) is 9.25. The second-order valence-electron chi connectivity index (χ2n) is 7.34. The van der Waals surface area contributed by atoms with E-state index in [2.05, 4.69) is 24.5 Å². The molecule has 0 radical (unpaired) electrons. The summed E-state index contributed by atoms with van der Waals surface area (Å²) in [5.41, 5.74) is 0. The Morgan fingerprint density at radius 3 is 2.30 bits per heavy atom. The lowest BCUT2D eigenvalue weighted by atomic mass is 9.92. The molecule has 0 aromatic heterocycles. The third-order valence-electron chi connectivity index (χ3n) is 5.45. The molecule has 1 heterocycles. The molecule has 1 saturated heterocycles. The highest BCUT2D eigenvalue weighted by atomic mass is 15.0. The highest BCUT2D eigenvalue weighted by molar-refractivity contribution is 4.81. The molecule has 20 heavy (non-hydrogen) atoms. The van der Waals surface area contributed by atoms with Gasteiger partial charge in [-0.05, 0) is 58.4 Å². The van der Waals surface area contributed by atoms with Crippen molar-refractivity contribution in [3.63, 3.8) is 0 Å². The van der Waals surface area contributed by atoms with E-state index in [-0.39, 0.29) is 0 Å². The van der Waals surface area contributed by atoms with Crippen molar-refractivity contribution in [1.82, 2.24) is 10.6 Å². The molecule has 1 aliphatic heterocycles. The van der Waals surface area contributed by atoms with E-state index in [1.54, 1.807) is 0 Å². The van der Waals surface area contributed by atoms with Crippen LogP contribution in [-0.2, 0) is 0 Å². The van der Waals surface area contributed by atoms with Gasteiger partial charge in [0.1, 0.15) is 0 Å². The molecular weight excluding hydrogens is 244 g/mol. The van der Waals surface area contributed by atoms with Crippen molar-refractivity contribution in [2.24, 2.45) is 5.92 Å². The smallest absolute Gasteiger partial charge is 0.00817 e. The summed E-state index contributed by atoms with van der Waals surface area (Å²) in [6.45, 7) is 6.04. The third kappa shape index (κ3) is 5.73. The van der Waals surface area contributed by atoms with Gasteiger partial charge in [-0.3, -0.25) is 0 Å². The lowest BCUT2D eigenvalue weighted by Gasteiger charge is -2.29. The van der Waals surface area contributed by atoms with Crippen molar-refractivity contribution in [1.29, 1.82) is 0 Å². The number of hydrogen-bond acceptors (Lipinski definition) is 2. The van der Waals surface area contributed by atoms with Crippen LogP contribution in [0.5, 0.6) is 0 Å². The van der Waals surface area contributed by atoms with Crippen molar-refractivity contribution < 1.29 is 0 Å². The van der Waals surface area contributed by atoms with Gasteiger partial charge in [0, 0.05) is 18.1 Å². The van der Waals surface area contributed by atoms with E-state index in [9.17, 15) is 0 Å². The Balaban J connectivity index is 1.70. The first-order chi connectivity index (χ1) is 9.75. The maximum absolute atomic E-state index is 3.91. The fourth-order valence-corrected chi connectivity index (χ4v) is 4.19. The minimum absolute atomic E-state index is 0.656. The predicted octanol–water partition coefficient (Wildman–Crippen LogP) is 4.25. The standard InChI is InChI=1S/C18H36N2/c1-15(14-18-12-8-5-9-13-19-18)20-16(2)17-10-6-3-4-7-11-17/h15-20H,3-14H2,1-2H3/t15?,16-,18?/m0/s1. The van der Waals surface area contributed by atoms with Crippen LogP contribution in [0.3, 0.4) is 0 Å². The highest BCUT2D eigenvalue weighted by Crippen LogP contribution is 2.26. The minimum Gasteiger partial charge on any atom is -0.314 e. The van der Waals surface area contributed by atoms with Crippen molar-refractivity contribution in [3.05, 3.63) is 0 Å². The Bertz CT molecular complexity index is 238. The average molecular weight is 281 g/mol. The van der Waals surface area contributed by atoms with E-state index in [1.165, 1.54) is 77.2 Å². The minimum atomic E-state index is 0.656. The van der Waals surface area contributed by atoms with Gasteiger partial charge in [0.15, 0.2) is 0 Å². The zero-order chi connectivity index (χ0) is 14.2. The quantitative estimate of drug-likeness (QED) is 0.736. The van der Waals surface area contributed by atoms with Crippen LogP contribution in [0.4, 0.5) is 0 Å². The van der Waals surface area contributed by atoms with Crippen LogP contribution in [0.2, 0.25) is 0 Å². The second kappa shape index (κ2) is 9.04. The zero-order valence-electron chi connectivity index (χ0n) is 13.8. The maximum Gasteiger partial charge on any atom is 0.00817 e. The molecule has 2 unspecified atom stereocenters. The summed E-state index contributed by atoms with van der Waals surface area (Å²) >= 11 is 0. The molecule has 2 rings (SSSR count). The van der Waals surface area contributed by atoms with E-state index < -0.39 is 0 Å². The number of nitrogens with one attached hydrogen (secondary N) is 2. The van der Waals surface area contributed by atoms with Crippen LogP contribution in [0.1, 0.15) is 84.5 Å². The van der Waals surface area contributed by atoms with Gasteiger partial charge in [0.25, 0.3) is 0 Å². The molecule has 2 N–H and O–H groups in total. The Labute approximate surface area is 126 Å². The van der Waals surface area contributed by atoms with Gasteiger partial charge in [0.05, 0.1) is 0 Å². The molecule has 2 nitrogen and oxygen atoms in total. The van der Waals surface area contributed by atoms with E-state index in [4.69, 9.17) is 0 Å². The molecule has 2 fully saturated rings. The van der Waals surface area contributed by atoms with Crippen LogP contribution < -0.4 is 10.6 Å². The average Bonchev–Trinajstić information content (AvgIpc) is 2.82. The number of hydrogen-bond donors (Lipinski definition) is 2. The van der Waals surface area contributed by atoms with Crippen molar-refractivity contribution in [2.75, 3.05) is 6.54 Å². The topological polar surface area (TPSA) is 24.1 Å². The molecule has 0 bridgehead atoms. The van der Waals surface area contributed by atoms with Crippen LogP contribution in [-0.4, -0.2) is 24.7 Å². The molecule has 1 aliphatic carbocycles. The first kappa shape index (κ1) is 16.3. The summed E-state index contributed by atoms with van der Waals surface area (Å²) in [5, 5.41) is 7.64. The van der Waals surface area contributed by atoms with Gasteiger partial charge < -0.3 is 10.6 Å². The Kier molecular flexibility index (Phi) is 7.37. The van der Waals surface area contributed by atoms with Gasteiger partial charge in [-0.2, -0.15) is 0 Å². The van der Waals surface area contributed by atoms with Gasteiger partial charge in [-0.1, -0.05) is 38.5 Å². The predicted molar refractivity (Wildman–Crippen MR) is 88.1 cm³/mol. The molecule has 0 aromatic rings. The monoisotopic (exact) mass is 280 g/mol. The maximum atomic E-state index is 3.91. The first-order valence-corrected chi connectivity index (χ1v) is 9.25. The second-order valence-corrected chi connectivity index (χ2v) is 7.34. The molecule has 0 amide bonds. The third-order valence-corrected chi connectivity index (χ3v) is 5.45. The molecule has 1 saturated carbocycles. The van der Waals surface area contributed by atoms with E-state index in [1.807, 2.05) is 0 Å². The molecule has 3 atom stereocenters. The molecule has 0 spiro atoms. The van der Waals surface area contributed by atoms with E-state index >= 15 is 0 Å². The summed E-state index contributed by atoms with van der Waals surface area (Å²) in [7, 11) is 0. The zero-order valence-corrected chi connectivity index (χ0v) is 13.8. The highest BCUT2D eigenvalue weighted by Gasteiger charge is 2.21. The molecule has 0 aromatic carbocycles. The summed E-state index contributed by atoms with van der Waals surface area (Å²) in [6, 6.07) is 2.11. The van der Waals surface area contributed by atoms with Gasteiger partial charge >= 0.3 is 0 Å². The van der Waals surface area contributed by atoms with Gasteiger partial charge in [-0.15, -0.1) is 0 Å². The van der Waals surface area contributed by atoms with Crippen molar-refractivity contribution in [2.45, 2.75) is 103 Å². The Hall–Kier alpha value is -0.0800. The van der Waals surface area contributed by atoms with Crippen LogP contribution in [0.15, 0.2) is 0 Å². The van der Waals surface area contributed by atoms with Crippen molar-refractivity contribution >= 4 is 0 Å². The van der Waals surface area contributed by atoms with E-state index in [0.717, 1.165) is 12.0 Å². The normalized spacial score (nSPS) is 29.4. The largest absolute Gasteiger partial charge is 0.314 e. The van der Waals surface area contributed by atoms with Gasteiger partial charge in [0.2, 0.25) is 0 Å². The lowest BCUT2D eigenvalue weighted by molar-refractivity contribution is 0.294. The summed E-state index contributed by atoms with van der Waals surface area (Å²) in [5.74, 6) is 0.919. The SMILES string of the molecule is CC(CC1CCCCCN1)N[C@@H](C)C1CCCCCC1. The van der Waals surface area contributed by atoms with E-state index in [0.29, 0.717) is 12.1 Å². The van der Waals surface area contributed by atoms with Crippen LogP contribution in [0, 0.1) is 5.92 Å². The summed E-state index contributed by atoms with van der Waals surface area (Å²) < 4.78 is 0. The van der Waals surface area contributed by atoms with Gasteiger partial charge in [-0.25, -0.2) is 0 Å². The fraction of sp³-hybridized carbons (Fsp3) is 1.00. The summed E-state index contributed by atoms with van der Waals surface area (Å²) in [6.07, 6.45) is 15.6. The van der Waals surface area contributed by atoms with Crippen molar-refractivity contribution in [3.8, 4) is 0 Å². The molecule has 2 aliphatic rings. The fourth-order valence-electron chi connectivity index (χ4n) is 4.19. The molecular formula is C18H36N2. The Morgan fingerprint density at radius 2 is 1.55 bits per heavy atom. The van der Waals surface area contributed by atoms with Crippen LogP contribution in [0.25, 0.3) is 0 Å². The number of rotatable bonds is 5. The summed E-state index contributed by atoms with van der Waals surface area (Å²) in [4.78, 5) is 0.